The Balaban J connectivity index is 2.00. The van der Waals surface area contributed by atoms with Crippen molar-refractivity contribution in [3.63, 3.8) is 0 Å². The molecule has 14 heavy (non-hydrogen) atoms. The fourth-order valence-electron chi connectivity index (χ4n) is 1.94. The molecule has 0 unspecified atom stereocenters. The summed E-state index contributed by atoms with van der Waals surface area (Å²) in [6, 6.07) is 8.69. The van der Waals surface area contributed by atoms with Gasteiger partial charge >= 0.3 is 0 Å². The van der Waals surface area contributed by atoms with Crippen LogP contribution < -0.4 is 5.73 Å². The zero-order valence-electron chi connectivity index (χ0n) is 8.57. The normalized spacial score (nSPS) is 25.0. The molecule has 2 nitrogen and oxygen atoms in total. The Bertz CT molecular complexity index is 294. The van der Waals surface area contributed by atoms with Gasteiger partial charge in [-0.25, -0.2) is 0 Å². The van der Waals surface area contributed by atoms with Crippen molar-refractivity contribution in [1.29, 1.82) is 0 Å². The van der Waals surface area contributed by atoms with Crippen molar-refractivity contribution in [2.24, 2.45) is 11.7 Å². The maximum Gasteiger partial charge on any atom is 0.0713 e. The van der Waals surface area contributed by atoms with Gasteiger partial charge < -0.3 is 10.5 Å². The predicted octanol–water partition coefficient (Wildman–Crippen LogP) is 1.90. The molecule has 1 saturated carbocycles. The van der Waals surface area contributed by atoms with Gasteiger partial charge in [-0.15, -0.1) is 0 Å². The number of rotatable bonds is 4. The number of nitrogens with two attached hydrogens (primary N) is 1. The molecule has 0 radical (unpaired) electrons. The average Bonchev–Trinajstić information content (AvgIpc) is 2.99. The van der Waals surface area contributed by atoms with E-state index >= 15 is 0 Å². The van der Waals surface area contributed by atoms with Crippen molar-refractivity contribution in [2.75, 3.05) is 13.7 Å². The summed E-state index contributed by atoms with van der Waals surface area (Å²) in [6.07, 6.45) is 1.26. The second-order valence-electron chi connectivity index (χ2n) is 4.01. The minimum Gasteiger partial charge on any atom is -0.380 e. The first-order valence-corrected chi connectivity index (χ1v) is 5.13. The average molecular weight is 191 g/mol. The highest BCUT2D eigenvalue weighted by atomic mass is 16.5. The smallest absolute Gasteiger partial charge is 0.0713 e. The molecule has 1 aliphatic carbocycles. The molecule has 2 heteroatoms. The molecule has 0 saturated heterocycles. The third-order valence-electron chi connectivity index (χ3n) is 2.94. The minimum absolute atomic E-state index is 0.700. The van der Waals surface area contributed by atoms with E-state index in [1.807, 2.05) is 0 Å². The monoisotopic (exact) mass is 191 g/mol. The van der Waals surface area contributed by atoms with E-state index in [4.69, 9.17) is 10.5 Å². The highest BCUT2D eigenvalue weighted by molar-refractivity contribution is 5.29. The number of ether oxygens (including phenoxy) is 1. The first-order chi connectivity index (χ1) is 6.85. The van der Waals surface area contributed by atoms with E-state index in [2.05, 4.69) is 24.3 Å². The number of benzene rings is 1. The van der Waals surface area contributed by atoms with Crippen molar-refractivity contribution >= 4 is 0 Å². The third-order valence-corrected chi connectivity index (χ3v) is 2.94. The second kappa shape index (κ2) is 4.11. The van der Waals surface area contributed by atoms with E-state index in [1.165, 1.54) is 17.5 Å². The maximum atomic E-state index is 5.62. The summed E-state index contributed by atoms with van der Waals surface area (Å²) in [7, 11) is 1.72. The maximum absolute atomic E-state index is 5.62. The second-order valence-corrected chi connectivity index (χ2v) is 4.01. The lowest BCUT2D eigenvalue weighted by Crippen LogP contribution is -2.01. The van der Waals surface area contributed by atoms with E-state index in [0.717, 1.165) is 18.4 Å². The summed E-state index contributed by atoms with van der Waals surface area (Å²) >= 11 is 0. The zero-order valence-corrected chi connectivity index (χ0v) is 8.57. The molecule has 0 amide bonds. The van der Waals surface area contributed by atoms with Gasteiger partial charge in [-0.3, -0.25) is 0 Å². The molecule has 2 rings (SSSR count). The zero-order chi connectivity index (χ0) is 9.97. The first kappa shape index (κ1) is 9.69. The predicted molar refractivity (Wildman–Crippen MR) is 57.1 cm³/mol. The molecule has 0 aromatic heterocycles. The molecule has 1 aromatic rings. The Kier molecular flexibility index (Phi) is 2.85. The van der Waals surface area contributed by atoms with Crippen LogP contribution >= 0.6 is 0 Å². The van der Waals surface area contributed by atoms with Crippen LogP contribution in [0.3, 0.4) is 0 Å². The molecule has 76 valence electrons. The van der Waals surface area contributed by atoms with Crippen molar-refractivity contribution in [1.82, 2.24) is 0 Å². The summed E-state index contributed by atoms with van der Waals surface area (Å²) in [4.78, 5) is 0. The van der Waals surface area contributed by atoms with E-state index in [1.54, 1.807) is 7.11 Å². The molecule has 0 bridgehead atoms. The summed E-state index contributed by atoms with van der Waals surface area (Å²) in [6.45, 7) is 1.52. The minimum atomic E-state index is 0.700. The third kappa shape index (κ3) is 1.97. The van der Waals surface area contributed by atoms with Gasteiger partial charge in [0.25, 0.3) is 0 Å². The molecule has 1 aliphatic rings. The van der Waals surface area contributed by atoms with Gasteiger partial charge in [0.1, 0.15) is 0 Å². The van der Waals surface area contributed by atoms with Gasteiger partial charge in [0.15, 0.2) is 0 Å². The molecule has 2 atom stereocenters. The SMILES string of the molecule is COCc1ccc([C@@H]2C[C@H]2CN)cc1. The van der Waals surface area contributed by atoms with E-state index in [9.17, 15) is 0 Å². The summed E-state index contributed by atoms with van der Waals surface area (Å²) in [5, 5.41) is 0. The molecule has 0 aliphatic heterocycles. The molecular formula is C12H17NO. The summed E-state index contributed by atoms with van der Waals surface area (Å²) < 4.78 is 5.07. The lowest BCUT2D eigenvalue weighted by molar-refractivity contribution is 0.185. The number of hydrogen-bond donors (Lipinski definition) is 1. The fraction of sp³-hybridized carbons (Fsp3) is 0.500. The fourth-order valence-corrected chi connectivity index (χ4v) is 1.94. The van der Waals surface area contributed by atoms with Gasteiger partial charge in [0.2, 0.25) is 0 Å². The van der Waals surface area contributed by atoms with Crippen LogP contribution in [-0.2, 0) is 11.3 Å². The van der Waals surface area contributed by atoms with Crippen molar-refractivity contribution in [3.8, 4) is 0 Å². The molecule has 1 fully saturated rings. The molecular weight excluding hydrogens is 174 g/mol. The number of hydrogen-bond acceptors (Lipinski definition) is 2. The van der Waals surface area contributed by atoms with Crippen LogP contribution in [0.5, 0.6) is 0 Å². The van der Waals surface area contributed by atoms with Gasteiger partial charge in [0.05, 0.1) is 6.61 Å². The van der Waals surface area contributed by atoms with E-state index < -0.39 is 0 Å². The van der Waals surface area contributed by atoms with Crippen LogP contribution in [-0.4, -0.2) is 13.7 Å². The topological polar surface area (TPSA) is 35.2 Å². The lowest BCUT2D eigenvalue weighted by Gasteiger charge is -2.02. The van der Waals surface area contributed by atoms with Crippen molar-refractivity contribution < 1.29 is 4.74 Å². The van der Waals surface area contributed by atoms with Crippen LogP contribution in [0.1, 0.15) is 23.5 Å². The van der Waals surface area contributed by atoms with E-state index in [0.29, 0.717) is 6.61 Å². The highest BCUT2D eigenvalue weighted by Gasteiger charge is 2.36. The van der Waals surface area contributed by atoms with Crippen LogP contribution in [0.2, 0.25) is 0 Å². The van der Waals surface area contributed by atoms with Crippen LogP contribution in [0.4, 0.5) is 0 Å². The number of methoxy groups -OCH3 is 1. The van der Waals surface area contributed by atoms with Gasteiger partial charge in [-0.2, -0.15) is 0 Å². The standard InChI is InChI=1S/C12H17NO/c1-14-8-9-2-4-10(5-3-9)12-6-11(12)7-13/h2-5,11-12H,6-8,13H2,1H3/t11-,12-/m0/s1. The molecule has 0 heterocycles. The quantitative estimate of drug-likeness (QED) is 0.788. The lowest BCUT2D eigenvalue weighted by atomic mass is 10.1. The Morgan fingerprint density at radius 2 is 2.07 bits per heavy atom. The van der Waals surface area contributed by atoms with Crippen LogP contribution in [0, 0.1) is 5.92 Å². The van der Waals surface area contributed by atoms with Crippen LogP contribution in [0.25, 0.3) is 0 Å². The van der Waals surface area contributed by atoms with Crippen LogP contribution in [0.15, 0.2) is 24.3 Å². The molecule has 2 N–H and O–H groups in total. The Hall–Kier alpha value is -0.860. The summed E-state index contributed by atoms with van der Waals surface area (Å²) in [5.74, 6) is 1.44. The van der Waals surface area contributed by atoms with Crippen molar-refractivity contribution in [3.05, 3.63) is 35.4 Å². The van der Waals surface area contributed by atoms with Gasteiger partial charge in [-0.05, 0) is 35.9 Å². The molecule has 0 spiro atoms. The van der Waals surface area contributed by atoms with E-state index in [-0.39, 0.29) is 0 Å². The van der Waals surface area contributed by atoms with Gasteiger partial charge in [-0.1, -0.05) is 24.3 Å². The van der Waals surface area contributed by atoms with Crippen molar-refractivity contribution in [2.45, 2.75) is 18.9 Å². The highest BCUT2D eigenvalue weighted by Crippen LogP contribution is 2.46. The largest absolute Gasteiger partial charge is 0.380 e. The Morgan fingerprint density at radius 3 is 2.57 bits per heavy atom. The van der Waals surface area contributed by atoms with Gasteiger partial charge in [0, 0.05) is 7.11 Å². The molecule has 1 aromatic carbocycles. The Morgan fingerprint density at radius 1 is 1.36 bits per heavy atom. The Labute approximate surface area is 85.1 Å². The first-order valence-electron chi connectivity index (χ1n) is 5.13. The summed E-state index contributed by atoms with van der Waals surface area (Å²) in [5.41, 5.74) is 8.29.